The van der Waals surface area contributed by atoms with Gasteiger partial charge in [0, 0.05) is 24.6 Å². The molecule has 1 aromatic rings. The molecule has 0 amide bonds. The van der Waals surface area contributed by atoms with Crippen LogP contribution in [0.3, 0.4) is 0 Å². The molecule has 5 heteroatoms. The summed E-state index contributed by atoms with van der Waals surface area (Å²) in [6, 6.07) is 1.99. The molecule has 1 aliphatic carbocycles. The van der Waals surface area contributed by atoms with Crippen molar-refractivity contribution in [3.8, 4) is 5.75 Å². The average molecular weight is 361 g/mol. The number of pyridine rings is 1. The smallest absolute Gasteiger partial charge is 0.159 e. The fourth-order valence-corrected chi connectivity index (χ4v) is 4.07. The summed E-state index contributed by atoms with van der Waals surface area (Å²) >= 11 is 0. The van der Waals surface area contributed by atoms with Gasteiger partial charge in [0.15, 0.2) is 5.78 Å². The number of allylic oxidation sites excluding steroid dienone is 2. The van der Waals surface area contributed by atoms with Gasteiger partial charge in [0.25, 0.3) is 0 Å². The number of aromatic nitrogens is 1. The van der Waals surface area contributed by atoms with Crippen LogP contribution < -0.4 is 10.1 Å². The van der Waals surface area contributed by atoms with Gasteiger partial charge in [-0.15, -0.1) is 12.4 Å². The highest BCUT2D eigenvalue weighted by atomic mass is 35.5. The molecule has 1 fully saturated rings. The maximum Gasteiger partial charge on any atom is 0.159 e. The number of ether oxygens (including phenoxy) is 1. The summed E-state index contributed by atoms with van der Waals surface area (Å²) in [5.41, 5.74) is 3.99. The Morgan fingerprint density at radius 1 is 1.36 bits per heavy atom. The van der Waals surface area contributed by atoms with E-state index in [0.717, 1.165) is 54.8 Å². The molecule has 2 aliphatic heterocycles. The molecular weight excluding hydrogens is 336 g/mol. The molecule has 25 heavy (non-hydrogen) atoms. The number of carbonyl (C=O) groups is 1. The third kappa shape index (κ3) is 3.38. The quantitative estimate of drug-likeness (QED) is 0.892. The van der Waals surface area contributed by atoms with Gasteiger partial charge >= 0.3 is 0 Å². The van der Waals surface area contributed by atoms with E-state index in [9.17, 15) is 4.79 Å². The Morgan fingerprint density at radius 2 is 2.12 bits per heavy atom. The van der Waals surface area contributed by atoms with Crippen molar-refractivity contribution in [2.45, 2.75) is 45.1 Å². The molecule has 4 nitrogen and oxygen atoms in total. The number of hydrogen-bond donors (Lipinski definition) is 1. The highest BCUT2D eigenvalue weighted by Gasteiger charge is 2.38. The van der Waals surface area contributed by atoms with Gasteiger partial charge in [0.05, 0.1) is 6.20 Å². The SMILES string of the molecule is CC1(C)Oc2cnccc2C2=C1C=C(C(=O)CC1CCNCC1)C2.Cl. The van der Waals surface area contributed by atoms with Crippen molar-refractivity contribution in [1.29, 1.82) is 0 Å². The average Bonchev–Trinajstić information content (AvgIpc) is 3.02. The monoisotopic (exact) mass is 360 g/mol. The van der Waals surface area contributed by atoms with E-state index in [1.165, 1.54) is 5.57 Å². The maximum absolute atomic E-state index is 12.8. The Balaban J connectivity index is 0.00000182. The lowest BCUT2D eigenvalue weighted by molar-refractivity contribution is -0.116. The van der Waals surface area contributed by atoms with Gasteiger partial charge in [-0.1, -0.05) is 0 Å². The molecule has 0 spiro atoms. The van der Waals surface area contributed by atoms with Gasteiger partial charge in [-0.25, -0.2) is 0 Å². The minimum atomic E-state index is -0.415. The Labute approximate surface area is 155 Å². The summed E-state index contributed by atoms with van der Waals surface area (Å²) in [7, 11) is 0. The van der Waals surface area contributed by atoms with Crippen LogP contribution in [0.5, 0.6) is 5.75 Å². The van der Waals surface area contributed by atoms with Crippen LogP contribution in [0.25, 0.3) is 5.57 Å². The van der Waals surface area contributed by atoms with Gasteiger partial charge in [0.1, 0.15) is 11.4 Å². The number of fused-ring (bicyclic) bond motifs is 2. The van der Waals surface area contributed by atoms with Crippen LogP contribution >= 0.6 is 12.4 Å². The predicted octanol–water partition coefficient (Wildman–Crippen LogP) is 3.72. The highest BCUT2D eigenvalue weighted by molar-refractivity contribution is 6.01. The number of carbonyl (C=O) groups excluding carboxylic acids is 1. The highest BCUT2D eigenvalue weighted by Crippen LogP contribution is 2.47. The van der Waals surface area contributed by atoms with E-state index in [0.29, 0.717) is 18.1 Å². The molecule has 3 heterocycles. The maximum atomic E-state index is 12.8. The van der Waals surface area contributed by atoms with Crippen LogP contribution in [0.1, 0.15) is 45.1 Å². The minimum Gasteiger partial charge on any atom is -0.481 e. The van der Waals surface area contributed by atoms with Crippen molar-refractivity contribution >= 4 is 23.8 Å². The van der Waals surface area contributed by atoms with Crippen LogP contribution in [-0.2, 0) is 4.79 Å². The Kier molecular flexibility index (Phi) is 5.03. The summed E-state index contributed by atoms with van der Waals surface area (Å²) in [4.78, 5) is 17.0. The molecule has 4 rings (SSSR count). The lowest BCUT2D eigenvalue weighted by Crippen LogP contribution is -2.33. The van der Waals surface area contributed by atoms with E-state index < -0.39 is 5.60 Å². The second-order valence-corrected chi connectivity index (χ2v) is 7.54. The largest absolute Gasteiger partial charge is 0.481 e. The molecular formula is C20H25ClN2O2. The number of rotatable bonds is 3. The van der Waals surface area contributed by atoms with Crippen molar-refractivity contribution in [3.05, 3.63) is 41.2 Å². The Hall–Kier alpha value is -1.65. The van der Waals surface area contributed by atoms with Crippen molar-refractivity contribution in [1.82, 2.24) is 10.3 Å². The van der Waals surface area contributed by atoms with Gasteiger partial charge in [-0.2, -0.15) is 0 Å². The zero-order chi connectivity index (χ0) is 16.7. The molecule has 0 aromatic carbocycles. The number of nitrogens with one attached hydrogen (secondary N) is 1. The molecule has 3 aliphatic rings. The van der Waals surface area contributed by atoms with Crippen molar-refractivity contribution in [2.24, 2.45) is 5.92 Å². The van der Waals surface area contributed by atoms with Crippen LogP contribution in [0.15, 0.2) is 35.7 Å². The van der Waals surface area contributed by atoms with Crippen LogP contribution in [0.4, 0.5) is 0 Å². The van der Waals surface area contributed by atoms with Gasteiger partial charge < -0.3 is 10.1 Å². The lowest BCUT2D eigenvalue weighted by Gasteiger charge is -2.33. The first kappa shape index (κ1) is 18.2. The number of hydrogen-bond acceptors (Lipinski definition) is 4. The fraction of sp³-hybridized carbons (Fsp3) is 0.500. The van der Waals surface area contributed by atoms with E-state index in [1.807, 2.05) is 6.07 Å². The zero-order valence-electron chi connectivity index (χ0n) is 14.8. The number of Topliss-reactive ketones (excluding diaryl/α,β-unsaturated/α-hetero) is 1. The van der Waals surface area contributed by atoms with Gasteiger partial charge in [-0.3, -0.25) is 9.78 Å². The van der Waals surface area contributed by atoms with Crippen molar-refractivity contribution in [2.75, 3.05) is 13.1 Å². The lowest BCUT2D eigenvalue weighted by atomic mass is 9.88. The van der Waals surface area contributed by atoms with Gasteiger partial charge in [-0.05, 0) is 74.6 Å². The van der Waals surface area contributed by atoms with E-state index in [4.69, 9.17) is 4.74 Å². The summed E-state index contributed by atoms with van der Waals surface area (Å²) < 4.78 is 6.13. The number of ketones is 1. The summed E-state index contributed by atoms with van der Waals surface area (Å²) in [5.74, 6) is 1.66. The second kappa shape index (κ2) is 6.93. The fourth-order valence-electron chi connectivity index (χ4n) is 4.07. The van der Waals surface area contributed by atoms with Crippen molar-refractivity contribution in [3.63, 3.8) is 0 Å². The molecule has 1 N–H and O–H groups in total. The van der Waals surface area contributed by atoms with Crippen LogP contribution in [0.2, 0.25) is 0 Å². The molecule has 0 saturated carbocycles. The zero-order valence-corrected chi connectivity index (χ0v) is 15.6. The minimum absolute atomic E-state index is 0. The van der Waals surface area contributed by atoms with Crippen molar-refractivity contribution < 1.29 is 9.53 Å². The van der Waals surface area contributed by atoms with Crippen LogP contribution in [-0.4, -0.2) is 29.5 Å². The Bertz CT molecular complexity index is 746. The third-order valence-corrected chi connectivity index (χ3v) is 5.43. The van der Waals surface area contributed by atoms with Crippen LogP contribution in [0, 0.1) is 5.92 Å². The number of nitrogens with zero attached hydrogens (tertiary/aromatic N) is 1. The van der Waals surface area contributed by atoms with E-state index in [1.54, 1.807) is 12.4 Å². The first-order chi connectivity index (χ1) is 11.5. The summed E-state index contributed by atoms with van der Waals surface area (Å²) in [5, 5.41) is 3.36. The first-order valence-corrected chi connectivity index (χ1v) is 8.86. The third-order valence-electron chi connectivity index (χ3n) is 5.43. The molecule has 1 aromatic heterocycles. The summed E-state index contributed by atoms with van der Waals surface area (Å²) in [6.07, 6.45) is 9.27. The Morgan fingerprint density at radius 3 is 2.88 bits per heavy atom. The molecule has 134 valence electrons. The van der Waals surface area contributed by atoms with E-state index in [-0.39, 0.29) is 12.4 Å². The predicted molar refractivity (Wildman–Crippen MR) is 101 cm³/mol. The second-order valence-electron chi connectivity index (χ2n) is 7.54. The molecule has 0 radical (unpaired) electrons. The first-order valence-electron chi connectivity index (χ1n) is 8.86. The number of halogens is 1. The van der Waals surface area contributed by atoms with Gasteiger partial charge in [0.2, 0.25) is 0 Å². The van der Waals surface area contributed by atoms with E-state index in [2.05, 4.69) is 30.2 Å². The topological polar surface area (TPSA) is 51.2 Å². The summed E-state index contributed by atoms with van der Waals surface area (Å²) in [6.45, 7) is 6.20. The molecule has 0 bridgehead atoms. The number of piperidine rings is 1. The molecule has 1 saturated heterocycles. The normalized spacial score (nSPS) is 21.6. The molecule has 0 atom stereocenters. The molecule has 0 unspecified atom stereocenters. The van der Waals surface area contributed by atoms with E-state index >= 15 is 0 Å². The standard InChI is InChI=1S/C20H24N2O2.ClH/c1-20(2)17-11-14(18(23)9-13-3-6-21-7-4-13)10-16(17)15-5-8-22-12-19(15)24-20;/h5,8,11-13,21H,3-4,6-7,9-10H2,1-2H3;1H.